The number of hydrogen-bond acceptors (Lipinski definition) is 7. The zero-order valence-corrected chi connectivity index (χ0v) is 17.5. The molecule has 0 aliphatic carbocycles. The summed E-state index contributed by atoms with van der Waals surface area (Å²) in [7, 11) is 0. The van der Waals surface area contributed by atoms with Crippen LogP contribution in [0, 0.1) is 6.92 Å². The Labute approximate surface area is 184 Å². The van der Waals surface area contributed by atoms with Gasteiger partial charge >= 0.3 is 12.1 Å². The number of nitrogens with zero attached hydrogens (tertiary/aromatic N) is 3. The van der Waals surface area contributed by atoms with Gasteiger partial charge in [-0.15, -0.1) is 11.3 Å². The highest BCUT2D eigenvalue weighted by Crippen LogP contribution is 2.31. The van der Waals surface area contributed by atoms with Crippen molar-refractivity contribution in [1.82, 2.24) is 20.3 Å². The van der Waals surface area contributed by atoms with E-state index in [9.17, 15) is 22.8 Å². The number of aliphatic carboxylic acids is 1. The number of carbonyl (C=O) groups excluding carboxylic acids is 1. The van der Waals surface area contributed by atoms with Crippen molar-refractivity contribution in [2.45, 2.75) is 25.9 Å². The molecule has 12 heteroatoms. The van der Waals surface area contributed by atoms with Crippen molar-refractivity contribution >= 4 is 34.8 Å². The van der Waals surface area contributed by atoms with Gasteiger partial charge in [-0.1, -0.05) is 6.07 Å². The molecule has 0 saturated heterocycles. The summed E-state index contributed by atoms with van der Waals surface area (Å²) in [4.78, 5) is 34.6. The molecule has 32 heavy (non-hydrogen) atoms. The van der Waals surface area contributed by atoms with Gasteiger partial charge in [0.2, 0.25) is 11.9 Å². The van der Waals surface area contributed by atoms with Crippen LogP contribution >= 0.6 is 11.3 Å². The molecule has 0 aliphatic rings. The summed E-state index contributed by atoms with van der Waals surface area (Å²) in [5.74, 6) is -1.67. The molecular weight excluding hydrogens is 447 g/mol. The van der Waals surface area contributed by atoms with Crippen LogP contribution < -0.4 is 10.6 Å². The number of alkyl halides is 3. The second-order valence-electron chi connectivity index (χ2n) is 6.76. The molecule has 0 spiro atoms. The predicted molar refractivity (Wildman–Crippen MR) is 112 cm³/mol. The highest BCUT2D eigenvalue weighted by Gasteiger charge is 2.32. The largest absolute Gasteiger partial charge is 0.480 e. The number of carboxylic acids is 1. The normalized spacial score (nSPS) is 11.2. The Kier molecular flexibility index (Phi) is 7.03. The predicted octanol–water partition coefficient (Wildman–Crippen LogP) is 3.80. The van der Waals surface area contributed by atoms with Gasteiger partial charge in [0.1, 0.15) is 12.2 Å². The van der Waals surface area contributed by atoms with Gasteiger partial charge in [-0.25, -0.2) is 15.0 Å². The van der Waals surface area contributed by atoms with Crippen LogP contribution in [0.1, 0.15) is 22.7 Å². The minimum Gasteiger partial charge on any atom is -0.480 e. The molecule has 0 aliphatic heterocycles. The van der Waals surface area contributed by atoms with Crippen LogP contribution in [-0.2, 0) is 22.2 Å². The molecule has 168 valence electrons. The highest BCUT2D eigenvalue weighted by atomic mass is 32.1. The zero-order chi connectivity index (χ0) is 23.3. The Morgan fingerprint density at radius 1 is 1.19 bits per heavy atom. The van der Waals surface area contributed by atoms with E-state index >= 15 is 0 Å². The Hall–Kier alpha value is -3.54. The van der Waals surface area contributed by atoms with Crippen LogP contribution in [0.25, 0.3) is 10.4 Å². The monoisotopic (exact) mass is 465 g/mol. The van der Waals surface area contributed by atoms with E-state index in [2.05, 4.69) is 25.6 Å². The van der Waals surface area contributed by atoms with Crippen molar-refractivity contribution in [3.63, 3.8) is 0 Å². The number of nitrogens with one attached hydrogen (secondary N) is 2. The number of rotatable bonds is 8. The number of benzene rings is 1. The maximum atomic E-state index is 12.9. The second kappa shape index (κ2) is 9.73. The average Bonchev–Trinajstić information content (AvgIpc) is 3.19. The van der Waals surface area contributed by atoms with E-state index in [0.29, 0.717) is 17.1 Å². The van der Waals surface area contributed by atoms with Crippen molar-refractivity contribution in [3.05, 3.63) is 52.9 Å². The maximum absolute atomic E-state index is 12.9. The molecule has 1 amide bonds. The fourth-order valence-corrected chi connectivity index (χ4v) is 3.65. The van der Waals surface area contributed by atoms with Crippen molar-refractivity contribution < 1.29 is 27.9 Å². The fraction of sp³-hybridized carbons (Fsp3) is 0.250. The molecule has 0 fully saturated rings. The summed E-state index contributed by atoms with van der Waals surface area (Å²) in [6.45, 7) is 1.41. The molecule has 0 saturated carbocycles. The molecular formula is C20H18F3N5O3S. The van der Waals surface area contributed by atoms with Gasteiger partial charge in [-0.2, -0.15) is 13.2 Å². The summed E-state index contributed by atoms with van der Waals surface area (Å²) in [6, 6.07) is 6.19. The Morgan fingerprint density at radius 2 is 1.97 bits per heavy atom. The van der Waals surface area contributed by atoms with Gasteiger partial charge < -0.3 is 15.7 Å². The maximum Gasteiger partial charge on any atom is 0.433 e. The smallest absolute Gasteiger partial charge is 0.433 e. The van der Waals surface area contributed by atoms with Crippen molar-refractivity contribution in [1.29, 1.82) is 0 Å². The van der Waals surface area contributed by atoms with E-state index in [4.69, 9.17) is 5.11 Å². The van der Waals surface area contributed by atoms with Crippen LogP contribution in [0.5, 0.6) is 0 Å². The zero-order valence-electron chi connectivity index (χ0n) is 16.7. The summed E-state index contributed by atoms with van der Waals surface area (Å²) in [6.07, 6.45) is -1.43. The first-order chi connectivity index (χ1) is 15.1. The molecule has 3 aromatic rings. The van der Waals surface area contributed by atoms with Crippen LogP contribution in [-0.4, -0.2) is 38.5 Å². The van der Waals surface area contributed by atoms with Gasteiger partial charge in [-0.3, -0.25) is 9.59 Å². The molecule has 2 heterocycles. The van der Waals surface area contributed by atoms with Gasteiger partial charge in [-0.05, 0) is 36.2 Å². The molecule has 3 rings (SSSR count). The Morgan fingerprint density at radius 3 is 2.69 bits per heavy atom. The third-order valence-electron chi connectivity index (χ3n) is 4.12. The first-order valence-electron chi connectivity index (χ1n) is 9.32. The number of carboxylic acid groups (broad SMARTS) is 1. The number of carbonyl (C=O) groups is 2. The van der Waals surface area contributed by atoms with Gasteiger partial charge in [0, 0.05) is 30.9 Å². The van der Waals surface area contributed by atoms with Crippen molar-refractivity contribution in [3.8, 4) is 10.4 Å². The Balaban J connectivity index is 1.71. The van der Waals surface area contributed by atoms with Crippen LogP contribution in [0.3, 0.4) is 0 Å². The van der Waals surface area contributed by atoms with Gasteiger partial charge in [0.15, 0.2) is 0 Å². The molecule has 3 N–H and O–H groups in total. The molecule has 2 aromatic heterocycles. The van der Waals surface area contributed by atoms with Crippen LogP contribution in [0.2, 0.25) is 0 Å². The van der Waals surface area contributed by atoms with Crippen molar-refractivity contribution in [2.75, 3.05) is 11.9 Å². The average molecular weight is 465 g/mol. The summed E-state index contributed by atoms with van der Waals surface area (Å²) in [5, 5.41) is 14.4. The van der Waals surface area contributed by atoms with E-state index in [-0.39, 0.29) is 18.3 Å². The van der Waals surface area contributed by atoms with Gasteiger partial charge in [0.25, 0.3) is 0 Å². The highest BCUT2D eigenvalue weighted by molar-refractivity contribution is 7.15. The number of thiazole rings is 1. The quantitative estimate of drug-likeness (QED) is 0.463. The van der Waals surface area contributed by atoms with E-state index < -0.39 is 24.4 Å². The number of aromatic nitrogens is 3. The summed E-state index contributed by atoms with van der Waals surface area (Å²) < 4.78 is 38.6. The Bertz CT molecular complexity index is 1130. The molecule has 0 radical (unpaired) electrons. The summed E-state index contributed by atoms with van der Waals surface area (Å²) >= 11 is 1.37. The summed E-state index contributed by atoms with van der Waals surface area (Å²) in [5.41, 5.74) is 1.13. The molecule has 1 aromatic carbocycles. The lowest BCUT2D eigenvalue weighted by molar-refractivity contribution is -0.141. The lowest BCUT2D eigenvalue weighted by Crippen LogP contribution is -2.29. The van der Waals surface area contributed by atoms with E-state index in [0.717, 1.165) is 28.3 Å². The first-order valence-corrected chi connectivity index (χ1v) is 10.1. The van der Waals surface area contributed by atoms with E-state index in [1.807, 2.05) is 13.0 Å². The lowest BCUT2D eigenvalue weighted by atomic mass is 10.1. The van der Waals surface area contributed by atoms with Gasteiger partial charge in [0.05, 0.1) is 9.88 Å². The van der Waals surface area contributed by atoms with E-state index in [1.165, 1.54) is 11.3 Å². The van der Waals surface area contributed by atoms with Crippen LogP contribution in [0.15, 0.2) is 36.7 Å². The number of halogens is 3. The number of aryl methyl sites for hydroxylation is 2. The minimum absolute atomic E-state index is 0.105. The first kappa shape index (κ1) is 23.1. The number of anilines is 2. The third kappa shape index (κ3) is 6.48. The number of amides is 1. The SMILES string of the molecule is Cc1cc(Nc2nccc(C(F)(F)F)n2)cc(-c2cnc(CCC(=O)NCC(=O)O)s2)c1. The second-order valence-corrected chi connectivity index (χ2v) is 7.88. The molecule has 8 nitrogen and oxygen atoms in total. The molecule has 0 unspecified atom stereocenters. The van der Waals surface area contributed by atoms with Crippen LogP contribution in [0.4, 0.5) is 24.8 Å². The standard InChI is InChI=1S/C20H18F3N5O3S/c1-11-6-12(14-9-26-17(32-14)3-2-16(29)25-10-18(30)31)8-13(7-11)27-19-24-5-4-15(28-19)20(21,22)23/h4-9H,2-3,10H2,1H3,(H,25,29)(H,30,31)(H,24,27,28). The third-order valence-corrected chi connectivity index (χ3v) is 5.23. The molecule has 0 bridgehead atoms. The minimum atomic E-state index is -4.57. The van der Waals surface area contributed by atoms with Crippen molar-refractivity contribution in [2.24, 2.45) is 0 Å². The lowest BCUT2D eigenvalue weighted by Gasteiger charge is -2.10. The van der Waals surface area contributed by atoms with E-state index in [1.54, 1.807) is 18.3 Å². The molecule has 0 atom stereocenters. The fourth-order valence-electron chi connectivity index (χ4n) is 2.75. The topological polar surface area (TPSA) is 117 Å². The number of hydrogen-bond donors (Lipinski definition) is 3.